The second-order valence-electron chi connectivity index (χ2n) is 3.95. The molecule has 0 aliphatic carbocycles. The second-order valence-corrected chi connectivity index (χ2v) is 3.95. The normalized spacial score (nSPS) is 11.6. The van der Waals surface area contributed by atoms with E-state index in [9.17, 15) is 10.2 Å². The van der Waals surface area contributed by atoms with Gasteiger partial charge in [-0.3, -0.25) is 0 Å². The molecule has 78 valence electrons. The lowest BCUT2D eigenvalue weighted by molar-refractivity contribution is 0.391. The Kier molecular flexibility index (Phi) is 2.57. The lowest BCUT2D eigenvalue weighted by atomic mass is 9.83. The van der Waals surface area contributed by atoms with Crippen molar-refractivity contribution < 1.29 is 15.3 Å². The highest BCUT2D eigenvalue weighted by molar-refractivity contribution is 5.52. The lowest BCUT2D eigenvalue weighted by Crippen LogP contribution is -2.28. The summed E-state index contributed by atoms with van der Waals surface area (Å²) in [7, 11) is 0. The minimum Gasteiger partial charge on any atom is -0.508 e. The lowest BCUT2D eigenvalue weighted by Gasteiger charge is -2.24. The summed E-state index contributed by atoms with van der Waals surface area (Å²) in [6, 6.07) is 2.37. The van der Waals surface area contributed by atoms with E-state index in [2.05, 4.69) is 0 Å². The molecule has 0 saturated heterocycles. The smallest absolute Gasteiger partial charge is 0.126 e. The molecule has 0 amide bonds. The first-order valence-corrected chi connectivity index (χ1v) is 4.34. The van der Waals surface area contributed by atoms with Crippen molar-refractivity contribution in [3.05, 3.63) is 17.7 Å². The summed E-state index contributed by atoms with van der Waals surface area (Å²) in [6.07, 6.45) is 0. The fraction of sp³-hybridized carbons (Fsp3) is 0.400. The minimum absolute atomic E-state index is 0.141. The molecule has 0 spiro atoms. The van der Waals surface area contributed by atoms with Crippen molar-refractivity contribution in [2.45, 2.75) is 19.3 Å². The first kappa shape index (κ1) is 10.7. The van der Waals surface area contributed by atoms with Crippen molar-refractivity contribution >= 4 is 0 Å². The Hall–Kier alpha value is -1.42. The zero-order valence-corrected chi connectivity index (χ0v) is 8.28. The number of phenols is 3. The van der Waals surface area contributed by atoms with E-state index in [1.807, 2.05) is 0 Å². The third-order valence-electron chi connectivity index (χ3n) is 2.27. The number of phenolic OH excluding ortho intramolecular Hbond substituents is 3. The van der Waals surface area contributed by atoms with Crippen LogP contribution in [0.1, 0.15) is 19.4 Å². The van der Waals surface area contributed by atoms with E-state index in [-0.39, 0.29) is 17.2 Å². The number of rotatable bonds is 2. The van der Waals surface area contributed by atoms with Gasteiger partial charge in [0.15, 0.2) is 0 Å². The van der Waals surface area contributed by atoms with Gasteiger partial charge in [-0.05, 0) is 0 Å². The molecule has 1 aromatic carbocycles. The van der Waals surface area contributed by atoms with Crippen LogP contribution in [0.2, 0.25) is 0 Å². The van der Waals surface area contributed by atoms with Gasteiger partial charge >= 0.3 is 0 Å². The summed E-state index contributed by atoms with van der Waals surface area (Å²) in [5, 5.41) is 28.2. The molecule has 4 heteroatoms. The van der Waals surface area contributed by atoms with E-state index in [4.69, 9.17) is 10.8 Å². The van der Waals surface area contributed by atoms with Gasteiger partial charge in [-0.25, -0.2) is 0 Å². The largest absolute Gasteiger partial charge is 0.508 e. The Morgan fingerprint density at radius 2 is 1.57 bits per heavy atom. The van der Waals surface area contributed by atoms with Crippen molar-refractivity contribution in [1.82, 2.24) is 0 Å². The summed E-state index contributed by atoms with van der Waals surface area (Å²) in [5.41, 5.74) is 5.36. The highest BCUT2D eigenvalue weighted by Crippen LogP contribution is 2.39. The zero-order valence-electron chi connectivity index (χ0n) is 8.28. The van der Waals surface area contributed by atoms with E-state index in [0.717, 1.165) is 0 Å². The molecule has 0 radical (unpaired) electrons. The first-order valence-electron chi connectivity index (χ1n) is 4.34. The molecule has 14 heavy (non-hydrogen) atoms. The molecule has 0 aliphatic rings. The Morgan fingerprint density at radius 1 is 1.14 bits per heavy atom. The fourth-order valence-electron chi connectivity index (χ4n) is 1.39. The van der Waals surface area contributed by atoms with E-state index >= 15 is 0 Å². The van der Waals surface area contributed by atoms with Crippen LogP contribution in [0.25, 0.3) is 0 Å². The monoisotopic (exact) mass is 197 g/mol. The summed E-state index contributed by atoms with van der Waals surface area (Å²) < 4.78 is 0. The predicted molar refractivity (Wildman–Crippen MR) is 53.5 cm³/mol. The van der Waals surface area contributed by atoms with E-state index in [1.165, 1.54) is 12.1 Å². The summed E-state index contributed by atoms with van der Waals surface area (Å²) >= 11 is 0. The molecule has 0 aromatic heterocycles. The van der Waals surface area contributed by atoms with Crippen LogP contribution in [0.4, 0.5) is 0 Å². The van der Waals surface area contributed by atoms with Crippen LogP contribution in [0, 0.1) is 0 Å². The topological polar surface area (TPSA) is 86.7 Å². The molecular weight excluding hydrogens is 182 g/mol. The van der Waals surface area contributed by atoms with Gasteiger partial charge in [-0.15, -0.1) is 0 Å². The van der Waals surface area contributed by atoms with Crippen molar-refractivity contribution in [2.24, 2.45) is 5.73 Å². The summed E-state index contributed by atoms with van der Waals surface area (Å²) in [6.45, 7) is 3.90. The predicted octanol–water partition coefficient (Wildman–Crippen LogP) is 1.04. The number of nitrogens with two attached hydrogens (primary N) is 1. The number of hydrogen-bond acceptors (Lipinski definition) is 4. The SMILES string of the molecule is CC(C)(CN)c1c(O)cc(O)cc1O. The molecule has 0 saturated carbocycles. The van der Waals surface area contributed by atoms with Gasteiger partial charge in [0, 0.05) is 29.7 Å². The van der Waals surface area contributed by atoms with Gasteiger partial charge in [-0.1, -0.05) is 13.8 Å². The van der Waals surface area contributed by atoms with E-state index < -0.39 is 5.41 Å². The van der Waals surface area contributed by atoms with Gasteiger partial charge in [-0.2, -0.15) is 0 Å². The summed E-state index contributed by atoms with van der Waals surface area (Å²) in [5.74, 6) is -0.451. The van der Waals surface area contributed by atoms with Crippen LogP contribution in [0.15, 0.2) is 12.1 Å². The van der Waals surface area contributed by atoms with Crippen molar-refractivity contribution in [1.29, 1.82) is 0 Å². The Morgan fingerprint density at radius 3 is 1.93 bits per heavy atom. The molecular formula is C10H15NO3. The first-order chi connectivity index (χ1) is 6.38. The van der Waals surface area contributed by atoms with Crippen LogP contribution in [0.5, 0.6) is 17.2 Å². The van der Waals surface area contributed by atoms with Crippen LogP contribution < -0.4 is 5.73 Å². The maximum Gasteiger partial charge on any atom is 0.126 e. The molecule has 0 fully saturated rings. The van der Waals surface area contributed by atoms with Crippen molar-refractivity contribution in [3.63, 3.8) is 0 Å². The average Bonchev–Trinajstić information content (AvgIpc) is 2.01. The fourth-order valence-corrected chi connectivity index (χ4v) is 1.39. The zero-order chi connectivity index (χ0) is 10.9. The maximum absolute atomic E-state index is 9.56. The molecule has 5 N–H and O–H groups in total. The van der Waals surface area contributed by atoms with Gasteiger partial charge < -0.3 is 21.1 Å². The van der Waals surface area contributed by atoms with Gasteiger partial charge in [0.1, 0.15) is 17.2 Å². The summed E-state index contributed by atoms with van der Waals surface area (Å²) in [4.78, 5) is 0. The average molecular weight is 197 g/mol. The Labute approximate surface area is 82.6 Å². The van der Waals surface area contributed by atoms with Crippen LogP contribution in [0.3, 0.4) is 0 Å². The Balaban J connectivity index is 3.35. The van der Waals surface area contributed by atoms with E-state index in [1.54, 1.807) is 13.8 Å². The molecule has 1 aromatic rings. The highest BCUT2D eigenvalue weighted by atomic mass is 16.3. The number of aromatic hydroxyl groups is 3. The van der Waals surface area contributed by atoms with Gasteiger partial charge in [0.05, 0.1) is 0 Å². The molecule has 0 heterocycles. The highest BCUT2D eigenvalue weighted by Gasteiger charge is 2.26. The molecule has 0 aliphatic heterocycles. The molecule has 4 nitrogen and oxygen atoms in total. The minimum atomic E-state index is -0.526. The van der Waals surface area contributed by atoms with E-state index in [0.29, 0.717) is 12.1 Å². The number of benzene rings is 1. The number of hydrogen-bond donors (Lipinski definition) is 4. The van der Waals surface area contributed by atoms with Gasteiger partial charge in [0.25, 0.3) is 0 Å². The third-order valence-corrected chi connectivity index (χ3v) is 2.27. The van der Waals surface area contributed by atoms with Gasteiger partial charge in [0.2, 0.25) is 0 Å². The van der Waals surface area contributed by atoms with Crippen molar-refractivity contribution in [3.8, 4) is 17.2 Å². The van der Waals surface area contributed by atoms with Crippen LogP contribution in [-0.4, -0.2) is 21.9 Å². The third kappa shape index (κ3) is 1.75. The van der Waals surface area contributed by atoms with Crippen molar-refractivity contribution in [2.75, 3.05) is 6.54 Å². The Bertz CT molecular complexity index is 324. The van der Waals surface area contributed by atoms with Crippen LogP contribution >= 0.6 is 0 Å². The molecule has 0 unspecified atom stereocenters. The molecule has 1 rings (SSSR count). The molecule has 0 bridgehead atoms. The standard InChI is InChI=1S/C10H15NO3/c1-10(2,5-11)9-7(13)3-6(12)4-8(9)14/h3-4,12-14H,5,11H2,1-2H3. The quantitative estimate of drug-likeness (QED) is 0.570. The second kappa shape index (κ2) is 3.38. The van der Waals surface area contributed by atoms with Crippen LogP contribution in [-0.2, 0) is 5.41 Å². The maximum atomic E-state index is 9.56. The molecule has 0 atom stereocenters.